The number of carbonyl (C=O) groups excluding carboxylic acids is 3. The fourth-order valence-corrected chi connectivity index (χ4v) is 5.69. The van der Waals surface area contributed by atoms with E-state index in [1.807, 2.05) is 0 Å². The van der Waals surface area contributed by atoms with Gasteiger partial charge < -0.3 is 30.5 Å². The first kappa shape index (κ1) is 31.2. The van der Waals surface area contributed by atoms with Crippen molar-refractivity contribution in [1.82, 2.24) is 15.5 Å². The highest BCUT2D eigenvalue weighted by Crippen LogP contribution is 2.35. The molecule has 9 nitrogen and oxygen atoms in total. The molecule has 0 heterocycles. The highest BCUT2D eigenvalue weighted by molar-refractivity contribution is 5.92. The summed E-state index contributed by atoms with van der Waals surface area (Å²) < 4.78 is 5.51. The number of alkyl carbamates (subject to hydrolysis) is 1. The highest BCUT2D eigenvalue weighted by atomic mass is 16.6. The van der Waals surface area contributed by atoms with Crippen LogP contribution in [0, 0.1) is 6.92 Å². The third kappa shape index (κ3) is 8.17. The molecule has 0 aromatic heterocycles. The average Bonchev–Trinajstić information content (AvgIpc) is 2.89. The number of carbonyl (C=O) groups is 3. The molecule has 42 heavy (non-hydrogen) atoms. The van der Waals surface area contributed by atoms with Gasteiger partial charge in [0.2, 0.25) is 11.8 Å². The van der Waals surface area contributed by atoms with Crippen LogP contribution in [0.25, 0.3) is 0 Å². The van der Waals surface area contributed by atoms with Gasteiger partial charge in [0.15, 0.2) is 0 Å². The second-order valence-electron chi connectivity index (χ2n) is 12.7. The largest absolute Gasteiger partial charge is 0.508 e. The van der Waals surface area contributed by atoms with Gasteiger partial charge in [-0.3, -0.25) is 9.59 Å². The van der Waals surface area contributed by atoms with Crippen LogP contribution in [0.2, 0.25) is 0 Å². The maximum atomic E-state index is 14.6. The first-order valence-corrected chi connectivity index (χ1v) is 15.1. The number of nitrogens with zero attached hydrogens (tertiary/aromatic N) is 1. The second kappa shape index (κ2) is 13.5. The van der Waals surface area contributed by atoms with E-state index in [1.165, 1.54) is 12.1 Å². The van der Waals surface area contributed by atoms with Crippen LogP contribution in [-0.2, 0) is 20.7 Å². The van der Waals surface area contributed by atoms with Gasteiger partial charge in [0, 0.05) is 18.5 Å². The highest BCUT2D eigenvalue weighted by Gasteiger charge is 2.42. The van der Waals surface area contributed by atoms with E-state index < -0.39 is 23.8 Å². The number of hydrogen-bond donors (Lipinski definition) is 4. The van der Waals surface area contributed by atoms with E-state index >= 15 is 0 Å². The molecule has 228 valence electrons. The molecule has 2 aliphatic rings. The van der Waals surface area contributed by atoms with Gasteiger partial charge in [0.25, 0.3) is 0 Å². The zero-order chi connectivity index (χ0) is 30.4. The van der Waals surface area contributed by atoms with Crippen molar-refractivity contribution in [3.63, 3.8) is 0 Å². The van der Waals surface area contributed by atoms with Crippen molar-refractivity contribution in [2.24, 2.45) is 0 Å². The first-order valence-electron chi connectivity index (χ1n) is 15.1. The van der Waals surface area contributed by atoms with E-state index in [4.69, 9.17) is 4.74 Å². The summed E-state index contributed by atoms with van der Waals surface area (Å²) in [6.45, 7) is 7.02. The molecule has 2 atom stereocenters. The topological polar surface area (TPSA) is 128 Å². The quantitative estimate of drug-likeness (QED) is 0.314. The minimum atomic E-state index is -1.02. The maximum Gasteiger partial charge on any atom is 0.408 e. The van der Waals surface area contributed by atoms with Gasteiger partial charge in [-0.15, -0.1) is 0 Å². The molecule has 2 saturated carbocycles. The Morgan fingerprint density at radius 3 is 2.19 bits per heavy atom. The monoisotopic (exact) mass is 579 g/mol. The summed E-state index contributed by atoms with van der Waals surface area (Å²) in [6, 6.07) is 9.39. The van der Waals surface area contributed by atoms with Crippen molar-refractivity contribution in [3.05, 3.63) is 59.2 Å². The van der Waals surface area contributed by atoms with Crippen molar-refractivity contribution >= 4 is 17.9 Å². The predicted octanol–water partition coefficient (Wildman–Crippen LogP) is 5.41. The zero-order valence-electron chi connectivity index (χ0n) is 25.2. The van der Waals surface area contributed by atoms with Gasteiger partial charge >= 0.3 is 6.09 Å². The fourth-order valence-electron chi connectivity index (χ4n) is 5.69. The average molecular weight is 580 g/mol. The number of aromatic hydroxyl groups is 2. The predicted molar refractivity (Wildman–Crippen MR) is 160 cm³/mol. The van der Waals surface area contributed by atoms with Gasteiger partial charge in [0.1, 0.15) is 29.2 Å². The molecule has 2 aliphatic carbocycles. The van der Waals surface area contributed by atoms with E-state index in [2.05, 4.69) is 10.6 Å². The Morgan fingerprint density at radius 1 is 0.952 bits per heavy atom. The molecule has 9 heteroatoms. The summed E-state index contributed by atoms with van der Waals surface area (Å²) in [5.41, 5.74) is 1.19. The van der Waals surface area contributed by atoms with Gasteiger partial charge in [-0.05, 0) is 101 Å². The van der Waals surface area contributed by atoms with Gasteiger partial charge in [-0.25, -0.2) is 4.79 Å². The number of rotatable bonds is 9. The normalized spacial score (nSPS) is 17.4. The van der Waals surface area contributed by atoms with Crippen molar-refractivity contribution in [1.29, 1.82) is 0 Å². The van der Waals surface area contributed by atoms with Crippen LogP contribution in [0.15, 0.2) is 42.5 Å². The number of aryl methyl sites for hydroxylation is 1. The molecule has 2 aromatic rings. The molecule has 0 spiro atoms. The van der Waals surface area contributed by atoms with Gasteiger partial charge in [-0.1, -0.05) is 37.5 Å². The Balaban J connectivity index is 1.72. The standard InChI is InChI=1S/C33H45N3O6/c1-21-19-23(15-18-28(21)38)29(30(39)34-24-9-6-5-7-10-24)36(25-11-8-12-25)31(40)27(35-32(41)42-33(2,3)4)20-22-13-16-26(37)17-14-22/h13-19,24-25,27,29,37-38H,5-12,20H2,1-4H3,(H,34,39)(H,35,41). The van der Waals surface area contributed by atoms with E-state index in [1.54, 1.807) is 62.9 Å². The lowest BCUT2D eigenvalue weighted by Crippen LogP contribution is -2.58. The first-order chi connectivity index (χ1) is 19.9. The Bertz CT molecular complexity index is 1250. The van der Waals surface area contributed by atoms with Crippen molar-refractivity contribution in [2.75, 3.05) is 0 Å². The van der Waals surface area contributed by atoms with Crippen LogP contribution in [-0.4, -0.2) is 56.7 Å². The minimum Gasteiger partial charge on any atom is -0.508 e. The molecular formula is C33H45N3O6. The van der Waals surface area contributed by atoms with Crippen LogP contribution in [0.3, 0.4) is 0 Å². The van der Waals surface area contributed by atoms with Crippen molar-refractivity contribution in [2.45, 2.75) is 115 Å². The fraction of sp³-hybridized carbons (Fsp3) is 0.545. The summed E-state index contributed by atoms with van der Waals surface area (Å²) in [6.07, 6.45) is 6.88. The van der Waals surface area contributed by atoms with Crippen LogP contribution >= 0.6 is 0 Å². The Hall–Kier alpha value is -3.75. The van der Waals surface area contributed by atoms with Crippen LogP contribution < -0.4 is 10.6 Å². The number of phenols is 2. The summed E-state index contributed by atoms with van der Waals surface area (Å²) in [7, 11) is 0. The van der Waals surface area contributed by atoms with Gasteiger partial charge in [0.05, 0.1) is 0 Å². The minimum absolute atomic E-state index is 0.0398. The Kier molecular flexibility index (Phi) is 10.0. The number of nitrogens with one attached hydrogen (secondary N) is 2. The Labute approximate surface area is 248 Å². The SMILES string of the molecule is Cc1cc(C(C(=O)NC2CCCCC2)N(C(=O)C(Cc2ccc(O)cc2)NC(=O)OC(C)(C)C)C2CCC2)ccc1O. The third-order valence-corrected chi connectivity index (χ3v) is 8.10. The van der Waals surface area contributed by atoms with Crippen LogP contribution in [0.4, 0.5) is 4.79 Å². The lowest BCUT2D eigenvalue weighted by Gasteiger charge is -2.44. The number of amides is 3. The summed E-state index contributed by atoms with van der Waals surface area (Å²) in [4.78, 5) is 43.3. The molecule has 2 fully saturated rings. The number of phenolic OH excluding ortho intramolecular Hbond substituents is 2. The molecule has 2 unspecified atom stereocenters. The smallest absolute Gasteiger partial charge is 0.408 e. The lowest BCUT2D eigenvalue weighted by atomic mass is 9.87. The molecule has 2 aromatic carbocycles. The van der Waals surface area contributed by atoms with E-state index in [-0.39, 0.29) is 41.8 Å². The van der Waals surface area contributed by atoms with E-state index in [0.29, 0.717) is 11.1 Å². The molecule has 4 N–H and O–H groups in total. The number of ether oxygens (including phenoxy) is 1. The van der Waals surface area contributed by atoms with Crippen LogP contribution in [0.5, 0.6) is 11.5 Å². The molecule has 0 bridgehead atoms. The van der Waals surface area contributed by atoms with E-state index in [9.17, 15) is 24.6 Å². The molecule has 0 saturated heterocycles. The number of hydrogen-bond acceptors (Lipinski definition) is 6. The number of benzene rings is 2. The van der Waals surface area contributed by atoms with Crippen molar-refractivity contribution in [3.8, 4) is 11.5 Å². The second-order valence-corrected chi connectivity index (χ2v) is 12.7. The van der Waals surface area contributed by atoms with E-state index in [0.717, 1.165) is 56.9 Å². The van der Waals surface area contributed by atoms with Gasteiger partial charge in [-0.2, -0.15) is 0 Å². The molecule has 0 radical (unpaired) electrons. The zero-order valence-corrected chi connectivity index (χ0v) is 25.2. The molecular weight excluding hydrogens is 534 g/mol. The summed E-state index contributed by atoms with van der Waals surface area (Å²) >= 11 is 0. The molecule has 4 rings (SSSR count). The van der Waals surface area contributed by atoms with Crippen LogP contribution in [0.1, 0.15) is 94.9 Å². The van der Waals surface area contributed by atoms with Crippen molar-refractivity contribution < 1.29 is 29.3 Å². The Morgan fingerprint density at radius 2 is 1.62 bits per heavy atom. The summed E-state index contributed by atoms with van der Waals surface area (Å²) in [5, 5.41) is 26.0. The molecule has 3 amide bonds. The molecule has 0 aliphatic heterocycles. The maximum absolute atomic E-state index is 14.6. The lowest BCUT2D eigenvalue weighted by molar-refractivity contribution is -0.147. The third-order valence-electron chi connectivity index (χ3n) is 8.10. The summed E-state index contributed by atoms with van der Waals surface area (Å²) in [5.74, 6) is -0.426.